The quantitative estimate of drug-likeness (QED) is 0.351. The van der Waals surface area contributed by atoms with E-state index < -0.39 is 22.1 Å². The molecular formula is C21H20ClF3N4O4S2. The Morgan fingerprint density at radius 2 is 1.74 bits per heavy atom. The minimum atomic E-state index is -4.87. The second-order valence-electron chi connectivity index (χ2n) is 6.91. The summed E-state index contributed by atoms with van der Waals surface area (Å²) in [7, 11) is -2.44. The Bertz CT molecular complexity index is 1270. The number of rotatable bonds is 11. The number of nitrogens with zero attached hydrogens (tertiary/aromatic N) is 3. The molecule has 0 amide bonds. The Kier molecular flexibility index (Phi) is 8.70. The van der Waals surface area contributed by atoms with Crippen LogP contribution >= 0.6 is 23.4 Å². The van der Waals surface area contributed by atoms with Crippen molar-refractivity contribution < 1.29 is 31.1 Å². The normalized spacial score (nSPS) is 11.9. The number of benzene rings is 2. The van der Waals surface area contributed by atoms with Gasteiger partial charge < -0.3 is 9.47 Å². The highest BCUT2D eigenvalue weighted by Gasteiger charge is 2.31. The Labute approximate surface area is 209 Å². The summed E-state index contributed by atoms with van der Waals surface area (Å²) < 4.78 is 75.2. The zero-order chi connectivity index (χ0) is 25.6. The average molecular weight is 549 g/mol. The first-order valence-electron chi connectivity index (χ1n) is 9.89. The first-order chi connectivity index (χ1) is 16.5. The first kappa shape index (κ1) is 26.9. The lowest BCUT2D eigenvalue weighted by Gasteiger charge is -2.12. The molecule has 0 bridgehead atoms. The van der Waals surface area contributed by atoms with Crippen LogP contribution in [0.25, 0.3) is 5.69 Å². The van der Waals surface area contributed by atoms with E-state index in [2.05, 4.69) is 26.2 Å². The maximum atomic E-state index is 12.6. The molecule has 14 heteroatoms. The second-order valence-corrected chi connectivity index (χ2v) is 10.1. The molecule has 2 aromatic carbocycles. The molecule has 0 aliphatic rings. The van der Waals surface area contributed by atoms with E-state index in [0.717, 1.165) is 30.0 Å². The monoisotopic (exact) mass is 548 g/mol. The van der Waals surface area contributed by atoms with Crippen LogP contribution in [0.5, 0.6) is 11.5 Å². The summed E-state index contributed by atoms with van der Waals surface area (Å²) in [6, 6.07) is 11.0. The molecule has 0 aliphatic heterocycles. The molecule has 0 unspecified atom stereocenters. The zero-order valence-electron chi connectivity index (χ0n) is 18.3. The Hall–Kier alpha value is -2.74. The number of hydrogen-bond acceptors (Lipinski definition) is 7. The number of hydrogen-bond donors (Lipinski definition) is 1. The zero-order valence-corrected chi connectivity index (χ0v) is 20.6. The van der Waals surface area contributed by atoms with Gasteiger partial charge in [-0.2, -0.15) is 0 Å². The first-order valence-corrected chi connectivity index (χ1v) is 12.7. The van der Waals surface area contributed by atoms with Crippen LogP contribution in [0.1, 0.15) is 5.82 Å². The van der Waals surface area contributed by atoms with Gasteiger partial charge in [0.1, 0.15) is 17.3 Å². The van der Waals surface area contributed by atoms with Crippen molar-refractivity contribution in [2.45, 2.75) is 22.8 Å². The minimum absolute atomic E-state index is 0.0374. The van der Waals surface area contributed by atoms with Crippen LogP contribution in [0.3, 0.4) is 0 Å². The highest BCUT2D eigenvalue weighted by atomic mass is 35.5. The van der Waals surface area contributed by atoms with Crippen LogP contribution in [0.4, 0.5) is 13.2 Å². The standard InChI is InChI=1S/C21H20ClF3N4O4S2/c1-14(22)13-34-20-28-27-19(29(20)15-3-5-16(32-2)6-4-15)11-12-26-35(30,31)18-9-7-17(8-10-18)33-21(23,24)25/h3-10,26H,1,11-13H2,2H3. The van der Waals surface area contributed by atoms with Crippen LogP contribution in [0.2, 0.25) is 0 Å². The molecule has 0 saturated heterocycles. The lowest BCUT2D eigenvalue weighted by molar-refractivity contribution is -0.274. The number of sulfonamides is 1. The number of halogens is 4. The van der Waals surface area contributed by atoms with Gasteiger partial charge >= 0.3 is 6.36 Å². The highest BCUT2D eigenvalue weighted by Crippen LogP contribution is 2.26. The molecule has 0 saturated carbocycles. The van der Waals surface area contributed by atoms with Gasteiger partial charge in [0.05, 0.1) is 12.0 Å². The molecule has 3 aromatic rings. The van der Waals surface area contributed by atoms with Crippen molar-refractivity contribution in [2.24, 2.45) is 0 Å². The SMILES string of the molecule is C=C(Cl)CSc1nnc(CCNS(=O)(=O)c2ccc(OC(F)(F)F)cc2)n1-c1ccc(OC)cc1. The van der Waals surface area contributed by atoms with Crippen molar-refractivity contribution in [3.8, 4) is 17.2 Å². The van der Waals surface area contributed by atoms with Crippen LogP contribution in [-0.2, 0) is 16.4 Å². The number of aromatic nitrogens is 3. The van der Waals surface area contributed by atoms with E-state index in [4.69, 9.17) is 16.3 Å². The van der Waals surface area contributed by atoms with Crippen molar-refractivity contribution in [3.05, 3.63) is 66.0 Å². The highest BCUT2D eigenvalue weighted by molar-refractivity contribution is 7.99. The third-order valence-electron chi connectivity index (χ3n) is 4.40. The summed E-state index contributed by atoms with van der Waals surface area (Å²) in [6.07, 6.45) is -4.69. The number of ether oxygens (including phenoxy) is 2. The average Bonchev–Trinajstić information content (AvgIpc) is 3.19. The van der Waals surface area contributed by atoms with Crippen molar-refractivity contribution in [2.75, 3.05) is 19.4 Å². The summed E-state index contributed by atoms with van der Waals surface area (Å²) in [4.78, 5) is -0.208. The van der Waals surface area contributed by atoms with E-state index >= 15 is 0 Å². The molecule has 8 nitrogen and oxygen atoms in total. The number of nitrogens with one attached hydrogen (secondary N) is 1. The number of thioether (sulfide) groups is 1. The lowest BCUT2D eigenvalue weighted by atomic mass is 10.3. The third kappa shape index (κ3) is 7.62. The number of methoxy groups -OCH3 is 1. The van der Waals surface area contributed by atoms with E-state index in [1.54, 1.807) is 35.9 Å². The molecule has 0 atom stereocenters. The van der Waals surface area contributed by atoms with Gasteiger partial charge in [0, 0.05) is 29.4 Å². The summed E-state index contributed by atoms with van der Waals surface area (Å²) in [6.45, 7) is 3.62. The molecule has 1 heterocycles. The molecular weight excluding hydrogens is 529 g/mol. The van der Waals surface area contributed by atoms with Gasteiger partial charge in [-0.05, 0) is 48.5 Å². The molecule has 1 N–H and O–H groups in total. The molecule has 1 aromatic heterocycles. The van der Waals surface area contributed by atoms with E-state index in [9.17, 15) is 21.6 Å². The van der Waals surface area contributed by atoms with Crippen LogP contribution in [-0.4, -0.2) is 49.0 Å². The second kappa shape index (κ2) is 11.3. The Morgan fingerprint density at radius 1 is 1.11 bits per heavy atom. The van der Waals surface area contributed by atoms with Crippen LogP contribution < -0.4 is 14.2 Å². The van der Waals surface area contributed by atoms with Crippen molar-refractivity contribution in [1.82, 2.24) is 19.5 Å². The maximum Gasteiger partial charge on any atom is 0.573 e. The summed E-state index contributed by atoms with van der Waals surface area (Å²) in [5.41, 5.74) is 0.733. The van der Waals surface area contributed by atoms with Crippen molar-refractivity contribution in [1.29, 1.82) is 0 Å². The van der Waals surface area contributed by atoms with Crippen LogP contribution in [0, 0.1) is 0 Å². The Morgan fingerprint density at radius 3 is 2.31 bits per heavy atom. The molecule has 35 heavy (non-hydrogen) atoms. The van der Waals surface area contributed by atoms with Gasteiger partial charge in [0.2, 0.25) is 10.0 Å². The molecule has 188 valence electrons. The third-order valence-corrected chi connectivity index (χ3v) is 7.18. The Balaban J connectivity index is 1.74. The van der Waals surface area contributed by atoms with E-state index in [0.29, 0.717) is 27.5 Å². The molecule has 0 radical (unpaired) electrons. The van der Waals surface area contributed by atoms with Gasteiger partial charge in [-0.25, -0.2) is 13.1 Å². The minimum Gasteiger partial charge on any atom is -0.497 e. The van der Waals surface area contributed by atoms with E-state index in [-0.39, 0.29) is 17.9 Å². The largest absolute Gasteiger partial charge is 0.573 e. The fraction of sp³-hybridized carbons (Fsp3) is 0.238. The van der Waals surface area contributed by atoms with Crippen LogP contribution in [0.15, 0.2) is 70.2 Å². The molecule has 0 spiro atoms. The van der Waals surface area contributed by atoms with Crippen molar-refractivity contribution >= 4 is 33.4 Å². The summed E-state index contributed by atoms with van der Waals surface area (Å²) >= 11 is 7.19. The van der Waals surface area contributed by atoms with Gasteiger partial charge in [-0.15, -0.1) is 23.4 Å². The van der Waals surface area contributed by atoms with E-state index in [1.807, 2.05) is 0 Å². The smallest absolute Gasteiger partial charge is 0.497 e. The van der Waals surface area contributed by atoms with Gasteiger partial charge in [-0.1, -0.05) is 29.9 Å². The fourth-order valence-electron chi connectivity index (χ4n) is 2.89. The lowest BCUT2D eigenvalue weighted by Crippen LogP contribution is -2.26. The molecule has 3 rings (SSSR count). The maximum absolute atomic E-state index is 12.6. The number of alkyl halides is 3. The molecule has 0 fully saturated rings. The van der Waals surface area contributed by atoms with Gasteiger partial charge in [0.25, 0.3) is 0 Å². The fourth-order valence-corrected chi connectivity index (χ4v) is 4.81. The van der Waals surface area contributed by atoms with Crippen molar-refractivity contribution in [3.63, 3.8) is 0 Å². The van der Waals surface area contributed by atoms with Gasteiger partial charge in [-0.3, -0.25) is 4.57 Å². The predicted octanol–water partition coefficient (Wildman–Crippen LogP) is 4.54. The summed E-state index contributed by atoms with van der Waals surface area (Å²) in [5.74, 6) is 1.02. The summed E-state index contributed by atoms with van der Waals surface area (Å²) in [5, 5.41) is 9.33. The van der Waals surface area contributed by atoms with Gasteiger partial charge in [0.15, 0.2) is 5.16 Å². The van der Waals surface area contributed by atoms with E-state index in [1.165, 1.54) is 11.8 Å². The predicted molar refractivity (Wildman–Crippen MR) is 126 cm³/mol. The topological polar surface area (TPSA) is 95.3 Å². The molecule has 0 aliphatic carbocycles.